The number of aromatic nitrogens is 1. The lowest BCUT2D eigenvalue weighted by atomic mass is 10.2. The van der Waals surface area contributed by atoms with Crippen molar-refractivity contribution in [2.45, 2.75) is 26.4 Å². The third-order valence-electron chi connectivity index (χ3n) is 3.37. The minimum Gasteiger partial charge on any atom is -0.466 e. The number of aryl methyl sites for hydroxylation is 1. The Morgan fingerprint density at radius 1 is 1.36 bits per heavy atom. The smallest absolute Gasteiger partial charge is 0.307 e. The minimum atomic E-state index is -0.207. The van der Waals surface area contributed by atoms with Crippen LogP contribution in [-0.2, 0) is 27.4 Å². The maximum absolute atomic E-state index is 11.5. The fourth-order valence-corrected chi connectivity index (χ4v) is 2.35. The molecule has 0 fully saturated rings. The molecule has 0 spiro atoms. The molecule has 0 saturated carbocycles. The molecule has 1 aromatic heterocycles. The molecule has 1 N–H and O–H groups in total. The number of hydrogen-bond donors (Lipinski definition) is 1. The van der Waals surface area contributed by atoms with Crippen molar-refractivity contribution in [1.82, 2.24) is 9.88 Å². The van der Waals surface area contributed by atoms with Gasteiger partial charge >= 0.3 is 5.97 Å². The van der Waals surface area contributed by atoms with Gasteiger partial charge in [-0.3, -0.25) is 9.59 Å². The second kappa shape index (κ2) is 7.45. The molecule has 0 radical (unpaired) electrons. The standard InChI is InChI=1S/C17H20N2O3/c1-3-16(20)18-11-13-12-19(10-9-17(21)22-4-2)15-8-6-5-7-14(13)15/h3,5-8,12H,1,4,9-11H2,2H3,(H,18,20). The number of benzene rings is 1. The largest absolute Gasteiger partial charge is 0.466 e. The van der Waals surface area contributed by atoms with Crippen LogP contribution in [0.3, 0.4) is 0 Å². The molecule has 5 nitrogen and oxygen atoms in total. The van der Waals surface area contributed by atoms with Gasteiger partial charge in [-0.1, -0.05) is 24.8 Å². The molecule has 0 saturated heterocycles. The molecule has 5 heteroatoms. The molecule has 2 aromatic rings. The Morgan fingerprint density at radius 3 is 2.86 bits per heavy atom. The van der Waals surface area contributed by atoms with Crippen LogP contribution >= 0.6 is 0 Å². The molecule has 0 aliphatic rings. The van der Waals surface area contributed by atoms with Crippen LogP contribution in [0, 0.1) is 0 Å². The van der Waals surface area contributed by atoms with Gasteiger partial charge in [-0.05, 0) is 24.6 Å². The summed E-state index contributed by atoms with van der Waals surface area (Å²) in [6.07, 6.45) is 3.54. The Bertz CT molecular complexity index is 688. The van der Waals surface area contributed by atoms with Gasteiger partial charge in [0.1, 0.15) is 0 Å². The second-order valence-electron chi connectivity index (χ2n) is 4.84. The molecule has 0 bridgehead atoms. The van der Waals surface area contributed by atoms with E-state index in [0.29, 0.717) is 26.1 Å². The number of esters is 1. The first-order valence-corrected chi connectivity index (χ1v) is 7.28. The molecule has 0 unspecified atom stereocenters. The van der Waals surface area contributed by atoms with E-state index in [1.165, 1.54) is 6.08 Å². The maximum Gasteiger partial charge on any atom is 0.307 e. The van der Waals surface area contributed by atoms with E-state index in [-0.39, 0.29) is 11.9 Å². The van der Waals surface area contributed by atoms with Crippen molar-refractivity contribution in [2.24, 2.45) is 0 Å². The van der Waals surface area contributed by atoms with Gasteiger partial charge in [0.2, 0.25) is 5.91 Å². The van der Waals surface area contributed by atoms with Gasteiger partial charge in [0, 0.05) is 30.2 Å². The van der Waals surface area contributed by atoms with Crippen LogP contribution in [-0.4, -0.2) is 23.1 Å². The molecule has 0 atom stereocenters. The molecule has 2 rings (SSSR count). The zero-order valence-electron chi connectivity index (χ0n) is 12.7. The average molecular weight is 300 g/mol. The number of nitrogens with zero attached hydrogens (tertiary/aromatic N) is 1. The van der Waals surface area contributed by atoms with Gasteiger partial charge in [-0.15, -0.1) is 0 Å². The van der Waals surface area contributed by atoms with Crippen LogP contribution in [0.4, 0.5) is 0 Å². The van der Waals surface area contributed by atoms with Gasteiger partial charge in [-0.2, -0.15) is 0 Å². The van der Waals surface area contributed by atoms with Crippen molar-refractivity contribution >= 4 is 22.8 Å². The summed E-state index contributed by atoms with van der Waals surface area (Å²) in [5.74, 6) is -0.412. The number of para-hydroxylation sites is 1. The number of ether oxygens (including phenoxy) is 1. The molecular formula is C17H20N2O3. The first-order valence-electron chi connectivity index (χ1n) is 7.28. The lowest BCUT2D eigenvalue weighted by Crippen LogP contribution is -2.19. The fourth-order valence-electron chi connectivity index (χ4n) is 2.35. The maximum atomic E-state index is 11.5. The van der Waals surface area contributed by atoms with Crippen molar-refractivity contribution in [3.05, 3.63) is 48.7 Å². The molecule has 22 heavy (non-hydrogen) atoms. The summed E-state index contributed by atoms with van der Waals surface area (Å²) < 4.78 is 6.97. The minimum absolute atomic E-state index is 0.205. The van der Waals surface area contributed by atoms with Crippen LogP contribution in [0.15, 0.2) is 43.1 Å². The van der Waals surface area contributed by atoms with Crippen molar-refractivity contribution in [3.63, 3.8) is 0 Å². The van der Waals surface area contributed by atoms with Gasteiger partial charge < -0.3 is 14.6 Å². The third-order valence-corrected chi connectivity index (χ3v) is 3.37. The number of hydrogen-bond acceptors (Lipinski definition) is 3. The first kappa shape index (κ1) is 15.8. The van der Waals surface area contributed by atoms with E-state index in [1.54, 1.807) is 6.92 Å². The van der Waals surface area contributed by atoms with Crippen LogP contribution in [0.1, 0.15) is 18.9 Å². The Balaban J connectivity index is 2.18. The van der Waals surface area contributed by atoms with E-state index in [0.717, 1.165) is 16.5 Å². The van der Waals surface area contributed by atoms with Crippen molar-refractivity contribution in [2.75, 3.05) is 6.61 Å². The number of rotatable bonds is 7. The second-order valence-corrected chi connectivity index (χ2v) is 4.84. The number of nitrogens with one attached hydrogen (secondary N) is 1. The summed E-state index contributed by atoms with van der Waals surface area (Å²) in [4.78, 5) is 22.8. The third kappa shape index (κ3) is 3.75. The van der Waals surface area contributed by atoms with E-state index in [2.05, 4.69) is 11.9 Å². The van der Waals surface area contributed by atoms with E-state index < -0.39 is 0 Å². The van der Waals surface area contributed by atoms with Gasteiger partial charge in [-0.25, -0.2) is 0 Å². The van der Waals surface area contributed by atoms with Crippen LogP contribution in [0.25, 0.3) is 10.9 Å². The zero-order valence-corrected chi connectivity index (χ0v) is 12.7. The highest BCUT2D eigenvalue weighted by molar-refractivity contribution is 5.88. The highest BCUT2D eigenvalue weighted by atomic mass is 16.5. The highest BCUT2D eigenvalue weighted by Gasteiger charge is 2.10. The number of carbonyl (C=O) groups excluding carboxylic acids is 2. The van der Waals surface area contributed by atoms with E-state index >= 15 is 0 Å². The Hall–Kier alpha value is -2.56. The van der Waals surface area contributed by atoms with Crippen LogP contribution in [0.5, 0.6) is 0 Å². The van der Waals surface area contributed by atoms with Crippen LogP contribution < -0.4 is 5.32 Å². The normalized spacial score (nSPS) is 10.4. The zero-order chi connectivity index (χ0) is 15.9. The van der Waals surface area contributed by atoms with E-state index in [4.69, 9.17) is 4.74 Å². The number of fused-ring (bicyclic) bond motifs is 1. The van der Waals surface area contributed by atoms with Crippen LogP contribution in [0.2, 0.25) is 0 Å². The lowest BCUT2D eigenvalue weighted by Gasteiger charge is -2.05. The summed E-state index contributed by atoms with van der Waals surface area (Å²) in [6, 6.07) is 7.91. The molecule has 116 valence electrons. The average Bonchev–Trinajstić information content (AvgIpc) is 2.89. The number of amides is 1. The summed E-state index contributed by atoms with van der Waals surface area (Å²) in [6.45, 7) is 6.60. The lowest BCUT2D eigenvalue weighted by molar-refractivity contribution is -0.143. The van der Waals surface area contributed by atoms with Gasteiger partial charge in [0.05, 0.1) is 13.0 Å². The predicted molar refractivity (Wildman–Crippen MR) is 85.2 cm³/mol. The van der Waals surface area contributed by atoms with Gasteiger partial charge in [0.25, 0.3) is 0 Å². The Kier molecular flexibility index (Phi) is 5.36. The summed E-state index contributed by atoms with van der Waals surface area (Å²) >= 11 is 0. The predicted octanol–water partition coefficient (Wildman–Crippen LogP) is 2.40. The fraction of sp³-hybridized carbons (Fsp3) is 0.294. The molecule has 1 amide bonds. The van der Waals surface area contributed by atoms with Crippen molar-refractivity contribution < 1.29 is 14.3 Å². The molecular weight excluding hydrogens is 280 g/mol. The SMILES string of the molecule is C=CC(=O)NCc1cn(CCC(=O)OCC)c2ccccc12. The van der Waals surface area contributed by atoms with Gasteiger partial charge in [0.15, 0.2) is 0 Å². The van der Waals surface area contributed by atoms with Crippen molar-refractivity contribution in [3.8, 4) is 0 Å². The number of carbonyl (C=O) groups is 2. The van der Waals surface area contributed by atoms with E-state index in [1.807, 2.05) is 35.0 Å². The molecule has 0 aliphatic heterocycles. The topological polar surface area (TPSA) is 60.3 Å². The monoisotopic (exact) mass is 300 g/mol. The summed E-state index contributed by atoms with van der Waals surface area (Å²) in [7, 11) is 0. The summed E-state index contributed by atoms with van der Waals surface area (Å²) in [5.41, 5.74) is 2.05. The van der Waals surface area contributed by atoms with Crippen molar-refractivity contribution in [1.29, 1.82) is 0 Å². The quantitative estimate of drug-likeness (QED) is 0.631. The highest BCUT2D eigenvalue weighted by Crippen LogP contribution is 2.21. The first-order chi connectivity index (χ1) is 10.7. The molecule has 0 aliphatic carbocycles. The van der Waals surface area contributed by atoms with E-state index in [9.17, 15) is 9.59 Å². The molecule has 1 heterocycles. The summed E-state index contributed by atoms with van der Waals surface area (Å²) in [5, 5.41) is 3.84. The Labute approximate surface area is 129 Å². The Morgan fingerprint density at radius 2 is 2.14 bits per heavy atom. The molecule has 1 aromatic carbocycles.